The maximum atomic E-state index is 13.2. The van der Waals surface area contributed by atoms with Gasteiger partial charge in [0, 0.05) is 35.0 Å². The molecule has 0 amide bonds. The molecular formula is C25H30N6O3S. The molecule has 1 aromatic carbocycles. The van der Waals surface area contributed by atoms with Crippen LogP contribution in [0.15, 0.2) is 40.5 Å². The summed E-state index contributed by atoms with van der Waals surface area (Å²) in [5.74, 6) is 2.34. The molecule has 0 spiro atoms. The second-order valence-corrected chi connectivity index (χ2v) is 11.2. The van der Waals surface area contributed by atoms with Gasteiger partial charge in [-0.3, -0.25) is 9.69 Å². The topological polar surface area (TPSA) is 98.2 Å². The number of pyridine rings is 1. The minimum absolute atomic E-state index is 0.0989. The summed E-state index contributed by atoms with van der Waals surface area (Å²) in [5, 5.41) is 15.8. The first-order valence-corrected chi connectivity index (χ1v) is 12.6. The predicted molar refractivity (Wildman–Crippen MR) is 135 cm³/mol. The molecule has 0 radical (unpaired) electrons. The zero-order chi connectivity index (χ0) is 24.7. The summed E-state index contributed by atoms with van der Waals surface area (Å²) in [6.45, 7) is 11.9. The van der Waals surface area contributed by atoms with Crippen LogP contribution in [0, 0.1) is 5.92 Å². The third-order valence-electron chi connectivity index (χ3n) is 6.15. The van der Waals surface area contributed by atoms with E-state index in [-0.39, 0.29) is 29.9 Å². The Labute approximate surface area is 207 Å². The van der Waals surface area contributed by atoms with Crippen molar-refractivity contribution in [1.82, 2.24) is 30.1 Å². The SMILES string of the molecule is CC(C)[C@@H](c1nnnn1C(C)(C)C)N(Cc1cccs1)Cc1cc2cc3c(cc2[nH]c1=O)OCO3. The fourth-order valence-electron chi connectivity index (χ4n) is 4.57. The molecule has 5 rings (SSSR count). The molecule has 35 heavy (non-hydrogen) atoms. The van der Waals surface area contributed by atoms with Gasteiger partial charge in [-0.15, -0.1) is 16.4 Å². The van der Waals surface area contributed by atoms with E-state index in [4.69, 9.17) is 9.47 Å². The van der Waals surface area contributed by atoms with E-state index in [2.05, 4.69) is 71.5 Å². The normalized spacial score (nSPS) is 14.4. The van der Waals surface area contributed by atoms with Crippen molar-refractivity contribution in [2.75, 3.05) is 6.79 Å². The molecular weight excluding hydrogens is 464 g/mol. The van der Waals surface area contributed by atoms with Crippen LogP contribution in [-0.4, -0.2) is 36.9 Å². The number of nitrogens with zero attached hydrogens (tertiary/aromatic N) is 5. The Balaban J connectivity index is 1.57. The van der Waals surface area contributed by atoms with Crippen molar-refractivity contribution >= 4 is 22.2 Å². The number of rotatable bonds is 7. The van der Waals surface area contributed by atoms with Crippen LogP contribution >= 0.6 is 11.3 Å². The molecule has 1 atom stereocenters. The zero-order valence-corrected chi connectivity index (χ0v) is 21.4. The molecule has 1 N–H and O–H groups in total. The van der Waals surface area contributed by atoms with E-state index in [1.54, 1.807) is 11.3 Å². The lowest BCUT2D eigenvalue weighted by molar-refractivity contribution is 0.121. The maximum Gasteiger partial charge on any atom is 0.252 e. The van der Waals surface area contributed by atoms with Crippen molar-refractivity contribution in [1.29, 1.82) is 0 Å². The molecule has 4 heterocycles. The number of nitrogens with one attached hydrogen (secondary N) is 1. The smallest absolute Gasteiger partial charge is 0.252 e. The van der Waals surface area contributed by atoms with Crippen LogP contribution < -0.4 is 15.0 Å². The molecule has 0 unspecified atom stereocenters. The lowest BCUT2D eigenvalue weighted by Gasteiger charge is -2.34. The van der Waals surface area contributed by atoms with Crippen molar-refractivity contribution in [3.05, 3.63) is 62.3 Å². The van der Waals surface area contributed by atoms with Gasteiger partial charge in [0.15, 0.2) is 17.3 Å². The molecule has 0 saturated heterocycles. The van der Waals surface area contributed by atoms with E-state index < -0.39 is 0 Å². The standard InChI is InChI=1S/C25H30N6O3S/c1-15(2)22(23-27-28-29-31(23)25(3,4)5)30(13-18-7-6-8-35-18)12-17-9-16-10-20-21(34-14-33-20)11-19(16)26-24(17)32/h6-11,15,22H,12-14H2,1-5H3,(H,26,32)/t22-/m0/s1. The first-order chi connectivity index (χ1) is 16.7. The van der Waals surface area contributed by atoms with E-state index in [9.17, 15) is 4.79 Å². The Morgan fingerprint density at radius 1 is 1.17 bits per heavy atom. The lowest BCUT2D eigenvalue weighted by Crippen LogP contribution is -2.37. The second-order valence-electron chi connectivity index (χ2n) is 10.2. The average molecular weight is 495 g/mol. The first-order valence-electron chi connectivity index (χ1n) is 11.7. The summed E-state index contributed by atoms with van der Waals surface area (Å²) in [5.41, 5.74) is 1.01. The molecule has 1 aliphatic rings. The molecule has 184 valence electrons. The van der Waals surface area contributed by atoms with Crippen LogP contribution in [0.3, 0.4) is 0 Å². The van der Waals surface area contributed by atoms with E-state index in [1.165, 1.54) is 4.88 Å². The molecule has 0 aliphatic carbocycles. The van der Waals surface area contributed by atoms with Gasteiger partial charge < -0.3 is 14.5 Å². The van der Waals surface area contributed by atoms with Gasteiger partial charge in [0.2, 0.25) is 6.79 Å². The number of hydrogen-bond acceptors (Lipinski definition) is 8. The van der Waals surface area contributed by atoms with Crippen molar-refractivity contribution in [3.63, 3.8) is 0 Å². The molecule has 0 saturated carbocycles. The highest BCUT2D eigenvalue weighted by molar-refractivity contribution is 7.09. The lowest BCUT2D eigenvalue weighted by atomic mass is 9.99. The van der Waals surface area contributed by atoms with Crippen molar-refractivity contribution < 1.29 is 9.47 Å². The highest BCUT2D eigenvalue weighted by Crippen LogP contribution is 2.36. The van der Waals surface area contributed by atoms with Crippen LogP contribution in [0.4, 0.5) is 0 Å². The van der Waals surface area contributed by atoms with Gasteiger partial charge in [0.05, 0.1) is 17.1 Å². The van der Waals surface area contributed by atoms with Gasteiger partial charge in [-0.25, -0.2) is 4.68 Å². The Hall–Kier alpha value is -3.24. The highest BCUT2D eigenvalue weighted by atomic mass is 32.1. The van der Waals surface area contributed by atoms with Gasteiger partial charge in [-0.2, -0.15) is 0 Å². The summed E-state index contributed by atoms with van der Waals surface area (Å²) >= 11 is 1.70. The quantitative estimate of drug-likeness (QED) is 0.405. The Morgan fingerprint density at radius 3 is 2.63 bits per heavy atom. The Morgan fingerprint density at radius 2 is 1.94 bits per heavy atom. The molecule has 1 aliphatic heterocycles. The third-order valence-corrected chi connectivity index (χ3v) is 7.01. The fourth-order valence-corrected chi connectivity index (χ4v) is 5.30. The molecule has 0 fully saturated rings. The monoisotopic (exact) mass is 494 g/mol. The number of thiophene rings is 1. The van der Waals surface area contributed by atoms with Gasteiger partial charge in [0.25, 0.3) is 5.56 Å². The van der Waals surface area contributed by atoms with Gasteiger partial charge >= 0.3 is 0 Å². The molecule has 10 heteroatoms. The number of hydrogen-bond donors (Lipinski definition) is 1. The number of ether oxygens (including phenoxy) is 2. The number of aromatic amines is 1. The number of benzene rings is 1. The largest absolute Gasteiger partial charge is 0.454 e. The van der Waals surface area contributed by atoms with E-state index in [0.29, 0.717) is 30.2 Å². The Kier molecular flexibility index (Phi) is 6.10. The van der Waals surface area contributed by atoms with Crippen LogP contribution in [0.2, 0.25) is 0 Å². The van der Waals surface area contributed by atoms with E-state index in [1.807, 2.05) is 28.9 Å². The first kappa shape index (κ1) is 23.5. The summed E-state index contributed by atoms with van der Waals surface area (Å²) in [4.78, 5) is 19.7. The van der Waals surface area contributed by atoms with Crippen molar-refractivity contribution in [2.45, 2.75) is 59.3 Å². The highest BCUT2D eigenvalue weighted by Gasteiger charge is 2.33. The van der Waals surface area contributed by atoms with Crippen LogP contribution in [0.5, 0.6) is 11.5 Å². The minimum atomic E-state index is -0.274. The van der Waals surface area contributed by atoms with Crippen LogP contribution in [0.25, 0.3) is 10.9 Å². The van der Waals surface area contributed by atoms with Crippen molar-refractivity contribution in [2.24, 2.45) is 5.92 Å². The number of aromatic nitrogens is 5. The van der Waals surface area contributed by atoms with Gasteiger partial charge in [-0.05, 0) is 60.7 Å². The summed E-state index contributed by atoms with van der Waals surface area (Å²) in [6, 6.07) is 9.75. The number of H-pyrrole nitrogens is 1. The fraction of sp³-hybridized carbons (Fsp3) is 0.440. The summed E-state index contributed by atoms with van der Waals surface area (Å²) in [6.07, 6.45) is 0. The maximum absolute atomic E-state index is 13.2. The molecule has 9 nitrogen and oxygen atoms in total. The third kappa shape index (κ3) is 4.68. The zero-order valence-electron chi connectivity index (χ0n) is 20.6. The molecule has 4 aromatic rings. The van der Waals surface area contributed by atoms with Crippen molar-refractivity contribution in [3.8, 4) is 11.5 Å². The molecule has 0 bridgehead atoms. The van der Waals surface area contributed by atoms with Crippen LogP contribution in [-0.2, 0) is 18.6 Å². The van der Waals surface area contributed by atoms with E-state index in [0.717, 1.165) is 16.7 Å². The summed E-state index contributed by atoms with van der Waals surface area (Å²) in [7, 11) is 0. The average Bonchev–Trinajstić information content (AvgIpc) is 3.54. The number of fused-ring (bicyclic) bond motifs is 2. The molecule has 3 aromatic heterocycles. The van der Waals surface area contributed by atoms with Gasteiger partial charge in [-0.1, -0.05) is 19.9 Å². The second kappa shape index (κ2) is 9.09. The minimum Gasteiger partial charge on any atom is -0.454 e. The van der Waals surface area contributed by atoms with Gasteiger partial charge in [0.1, 0.15) is 0 Å². The van der Waals surface area contributed by atoms with E-state index >= 15 is 0 Å². The Bertz CT molecular complexity index is 1390. The van der Waals surface area contributed by atoms with Crippen LogP contribution in [0.1, 0.15) is 56.9 Å². The predicted octanol–water partition coefficient (Wildman–Crippen LogP) is 4.46. The number of tetrazole rings is 1. The summed E-state index contributed by atoms with van der Waals surface area (Å²) < 4.78 is 12.9.